The van der Waals surface area contributed by atoms with Crippen LogP contribution >= 0.6 is 35.3 Å². The molecule has 0 fully saturated rings. The number of nitrogens with one attached hydrogen (secondary N) is 2. The van der Waals surface area contributed by atoms with Gasteiger partial charge >= 0.3 is 0 Å². The summed E-state index contributed by atoms with van der Waals surface area (Å²) in [6.45, 7) is 1.46. The first-order valence-corrected chi connectivity index (χ1v) is 10.4. The molecule has 2 N–H and O–H groups in total. The van der Waals surface area contributed by atoms with Crippen molar-refractivity contribution in [1.82, 2.24) is 30.4 Å². The van der Waals surface area contributed by atoms with E-state index < -0.39 is 0 Å². The van der Waals surface area contributed by atoms with E-state index in [9.17, 15) is 0 Å². The quantitative estimate of drug-likeness (QED) is 0.303. The van der Waals surface area contributed by atoms with Crippen LogP contribution in [0.4, 0.5) is 0 Å². The topological polar surface area (TPSA) is 82.1 Å². The molecule has 0 unspecified atom stereocenters. The van der Waals surface area contributed by atoms with E-state index in [1.54, 1.807) is 0 Å². The Morgan fingerprint density at radius 2 is 2.17 bits per heavy atom. The summed E-state index contributed by atoms with van der Waals surface area (Å²) in [5.41, 5.74) is 3.49. The Hall–Kier alpha value is -2.01. The number of hydrogen-bond donors (Lipinski definition) is 2. The Morgan fingerprint density at radius 1 is 1.31 bits per heavy atom. The molecule has 29 heavy (non-hydrogen) atoms. The second-order valence-corrected chi connectivity index (χ2v) is 8.14. The first-order valence-electron chi connectivity index (χ1n) is 9.57. The molecule has 1 aliphatic rings. The number of halogens is 1. The number of rotatable bonds is 5. The second-order valence-electron chi connectivity index (χ2n) is 6.98. The summed E-state index contributed by atoms with van der Waals surface area (Å²) in [6, 6.07) is 8.25. The van der Waals surface area contributed by atoms with Crippen LogP contribution in [0.1, 0.15) is 34.0 Å². The largest absolute Gasteiger partial charge is 0.352 e. The number of guanidine groups is 1. The minimum Gasteiger partial charge on any atom is -0.352 e. The van der Waals surface area contributed by atoms with Gasteiger partial charge in [0.2, 0.25) is 0 Å². The maximum atomic E-state index is 4.84. The molecule has 7 nitrogen and oxygen atoms in total. The fourth-order valence-corrected chi connectivity index (χ4v) is 4.70. The van der Waals surface area contributed by atoms with Gasteiger partial charge in [0.05, 0.1) is 12.2 Å². The number of H-pyrrole nitrogens is 1. The molecular formula is C20H26IN7S. The van der Waals surface area contributed by atoms with E-state index in [4.69, 9.17) is 4.98 Å². The predicted octanol–water partition coefficient (Wildman–Crippen LogP) is 3.63. The highest BCUT2D eigenvalue weighted by molar-refractivity contribution is 14.0. The Labute approximate surface area is 192 Å². The zero-order chi connectivity index (χ0) is 19.3. The first kappa shape index (κ1) is 21.7. The van der Waals surface area contributed by atoms with Crippen LogP contribution in [0, 0.1) is 0 Å². The Kier molecular flexibility index (Phi) is 7.59. The molecule has 1 aromatic carbocycles. The Balaban J connectivity index is 0.00000240. The van der Waals surface area contributed by atoms with Gasteiger partial charge in [0, 0.05) is 31.1 Å². The summed E-state index contributed by atoms with van der Waals surface area (Å²) in [6.07, 6.45) is 6.39. The number of hydrogen-bond acceptors (Lipinski definition) is 5. The highest BCUT2D eigenvalue weighted by Crippen LogP contribution is 2.27. The molecule has 2 heterocycles. The third-order valence-corrected chi connectivity index (χ3v) is 6.04. The number of aliphatic imine (C=N–C) groups is 1. The van der Waals surface area contributed by atoms with Gasteiger partial charge < -0.3 is 10.2 Å². The van der Waals surface area contributed by atoms with E-state index in [1.807, 2.05) is 30.5 Å². The zero-order valence-corrected chi connectivity index (χ0v) is 19.8. The molecular weight excluding hydrogens is 497 g/mol. The van der Waals surface area contributed by atoms with Crippen molar-refractivity contribution in [3.63, 3.8) is 0 Å². The molecule has 0 spiro atoms. The minimum absolute atomic E-state index is 0. The van der Waals surface area contributed by atoms with Gasteiger partial charge in [-0.25, -0.2) is 9.97 Å². The molecule has 9 heteroatoms. The van der Waals surface area contributed by atoms with E-state index in [2.05, 4.69) is 49.6 Å². The van der Waals surface area contributed by atoms with Crippen LogP contribution in [0.3, 0.4) is 0 Å². The molecule has 154 valence electrons. The molecule has 2 aromatic heterocycles. The SMILES string of the molecule is CN=C(NCc1cccc(-c2ncn[nH]2)c1)N(C)Cc1nc2c(s1)CCCC2.I. The summed E-state index contributed by atoms with van der Waals surface area (Å²) in [5.74, 6) is 1.63. The first-order chi connectivity index (χ1) is 13.7. The number of thiazole rings is 1. The van der Waals surface area contributed by atoms with Gasteiger partial charge in [-0.2, -0.15) is 5.10 Å². The van der Waals surface area contributed by atoms with Crippen LogP contribution < -0.4 is 5.32 Å². The van der Waals surface area contributed by atoms with E-state index in [0.29, 0.717) is 6.54 Å². The van der Waals surface area contributed by atoms with Crippen molar-refractivity contribution >= 4 is 41.3 Å². The lowest BCUT2D eigenvalue weighted by Crippen LogP contribution is -2.38. The predicted molar refractivity (Wildman–Crippen MR) is 128 cm³/mol. The smallest absolute Gasteiger partial charge is 0.194 e. The van der Waals surface area contributed by atoms with E-state index in [-0.39, 0.29) is 24.0 Å². The van der Waals surface area contributed by atoms with Gasteiger partial charge in [0.1, 0.15) is 11.3 Å². The van der Waals surface area contributed by atoms with Crippen molar-refractivity contribution < 1.29 is 0 Å². The van der Waals surface area contributed by atoms with Crippen LogP contribution in [-0.2, 0) is 25.9 Å². The number of nitrogens with zero attached hydrogens (tertiary/aromatic N) is 5. The maximum Gasteiger partial charge on any atom is 0.194 e. The molecule has 0 radical (unpaired) electrons. The van der Waals surface area contributed by atoms with Gasteiger partial charge in [-0.3, -0.25) is 10.1 Å². The molecule has 0 amide bonds. The van der Waals surface area contributed by atoms with Crippen LogP contribution in [0.15, 0.2) is 35.6 Å². The van der Waals surface area contributed by atoms with Gasteiger partial charge in [0.15, 0.2) is 11.8 Å². The number of aromatic amines is 1. The average molecular weight is 523 g/mol. The van der Waals surface area contributed by atoms with E-state index in [1.165, 1.54) is 41.2 Å². The van der Waals surface area contributed by atoms with Crippen molar-refractivity contribution in [1.29, 1.82) is 0 Å². The van der Waals surface area contributed by atoms with Crippen LogP contribution in [-0.4, -0.2) is 45.1 Å². The minimum atomic E-state index is 0. The Morgan fingerprint density at radius 3 is 2.93 bits per heavy atom. The van der Waals surface area contributed by atoms with E-state index >= 15 is 0 Å². The van der Waals surface area contributed by atoms with Crippen LogP contribution in [0.2, 0.25) is 0 Å². The van der Waals surface area contributed by atoms with Crippen molar-refractivity contribution in [2.45, 2.75) is 38.8 Å². The van der Waals surface area contributed by atoms with Crippen molar-refractivity contribution in [3.05, 3.63) is 51.7 Å². The lowest BCUT2D eigenvalue weighted by molar-refractivity contribution is 0.474. The van der Waals surface area contributed by atoms with Gasteiger partial charge in [-0.1, -0.05) is 18.2 Å². The molecule has 0 saturated carbocycles. The number of aryl methyl sites for hydroxylation is 2. The monoisotopic (exact) mass is 523 g/mol. The third kappa shape index (κ3) is 5.33. The lowest BCUT2D eigenvalue weighted by Gasteiger charge is -2.21. The van der Waals surface area contributed by atoms with Gasteiger partial charge in [0.25, 0.3) is 0 Å². The van der Waals surface area contributed by atoms with Crippen LogP contribution in [0.25, 0.3) is 11.4 Å². The van der Waals surface area contributed by atoms with Crippen molar-refractivity contribution in [2.24, 2.45) is 4.99 Å². The number of benzene rings is 1. The molecule has 0 saturated heterocycles. The summed E-state index contributed by atoms with van der Waals surface area (Å²) < 4.78 is 0. The molecule has 4 rings (SSSR count). The summed E-state index contributed by atoms with van der Waals surface area (Å²) in [5, 5.41) is 11.4. The standard InChI is InChI=1S/C20H25N7S.HI/c1-21-20(27(2)12-18-25-16-8-3-4-9-17(16)28-18)22-11-14-6-5-7-15(10-14)19-23-13-24-26-19;/h5-7,10,13H,3-4,8-9,11-12H2,1-2H3,(H,21,22)(H,23,24,26);1H. The highest BCUT2D eigenvalue weighted by Gasteiger charge is 2.17. The normalized spacial score (nSPS) is 13.5. The third-order valence-electron chi connectivity index (χ3n) is 4.90. The molecule has 0 bridgehead atoms. The summed E-state index contributed by atoms with van der Waals surface area (Å²) in [7, 11) is 3.87. The summed E-state index contributed by atoms with van der Waals surface area (Å²) >= 11 is 1.85. The molecule has 0 aliphatic heterocycles. The molecule has 3 aromatic rings. The zero-order valence-electron chi connectivity index (χ0n) is 16.7. The van der Waals surface area contributed by atoms with Crippen molar-refractivity contribution in [3.8, 4) is 11.4 Å². The maximum absolute atomic E-state index is 4.84. The number of fused-ring (bicyclic) bond motifs is 1. The van der Waals surface area contributed by atoms with E-state index in [0.717, 1.165) is 35.9 Å². The van der Waals surface area contributed by atoms with Gasteiger partial charge in [-0.05, 0) is 37.3 Å². The second kappa shape index (κ2) is 10.1. The fourth-order valence-electron chi connectivity index (χ4n) is 3.49. The average Bonchev–Trinajstić information content (AvgIpc) is 3.38. The number of aromatic nitrogens is 4. The Bertz CT molecular complexity index is 928. The molecule has 0 atom stereocenters. The van der Waals surface area contributed by atoms with Crippen molar-refractivity contribution in [2.75, 3.05) is 14.1 Å². The molecule has 1 aliphatic carbocycles. The fraction of sp³-hybridized carbons (Fsp3) is 0.400. The summed E-state index contributed by atoms with van der Waals surface area (Å²) in [4.78, 5) is 17.1. The van der Waals surface area contributed by atoms with Gasteiger partial charge in [-0.15, -0.1) is 35.3 Å². The lowest BCUT2D eigenvalue weighted by atomic mass is 10.0. The van der Waals surface area contributed by atoms with Crippen LogP contribution in [0.5, 0.6) is 0 Å². The highest BCUT2D eigenvalue weighted by atomic mass is 127.